The van der Waals surface area contributed by atoms with E-state index < -0.39 is 0 Å². The summed E-state index contributed by atoms with van der Waals surface area (Å²) in [6.07, 6.45) is 5.78. The Balaban J connectivity index is 2.07. The first kappa shape index (κ1) is 15.0. The minimum atomic E-state index is -0.211. The molecule has 2 aliphatic rings. The van der Waals surface area contributed by atoms with Crippen LogP contribution in [0.4, 0.5) is 0 Å². The largest absolute Gasteiger partial charge is 0.350 e. The molecule has 116 valence electrons. The second-order valence-electron chi connectivity index (χ2n) is 6.63. The Morgan fingerprint density at radius 3 is 2.36 bits per heavy atom. The molecule has 0 saturated heterocycles. The number of amides is 1. The summed E-state index contributed by atoms with van der Waals surface area (Å²) in [6, 6.07) is 7.70. The number of hydrogen-bond acceptors (Lipinski definition) is 2. The standard InChI is InChI=1S/C19H23NO2/c1-12(2)20-19(22)17-16(13-8-4-3-5-9-13)14-10-6-7-11-15(14)18(17)21/h6-7,10-13H,3-5,8-9H2,1-2H3,(H,20,22). The van der Waals surface area contributed by atoms with Crippen molar-refractivity contribution in [2.75, 3.05) is 0 Å². The summed E-state index contributed by atoms with van der Waals surface area (Å²) in [5, 5.41) is 2.90. The van der Waals surface area contributed by atoms with Crippen molar-refractivity contribution in [2.24, 2.45) is 5.92 Å². The smallest absolute Gasteiger partial charge is 0.255 e. The summed E-state index contributed by atoms with van der Waals surface area (Å²) in [4.78, 5) is 25.4. The molecule has 0 aromatic heterocycles. The Morgan fingerprint density at radius 2 is 1.73 bits per heavy atom. The van der Waals surface area contributed by atoms with Gasteiger partial charge in [0.2, 0.25) is 0 Å². The zero-order valence-electron chi connectivity index (χ0n) is 13.3. The van der Waals surface area contributed by atoms with Gasteiger partial charge >= 0.3 is 0 Å². The molecule has 2 aliphatic carbocycles. The molecule has 0 bridgehead atoms. The first-order valence-corrected chi connectivity index (χ1v) is 8.28. The van der Waals surface area contributed by atoms with E-state index in [0.717, 1.165) is 24.0 Å². The van der Waals surface area contributed by atoms with Crippen LogP contribution in [0, 0.1) is 5.92 Å². The maximum Gasteiger partial charge on any atom is 0.255 e. The van der Waals surface area contributed by atoms with Crippen LogP contribution in [0.1, 0.15) is 61.9 Å². The molecule has 0 aliphatic heterocycles. The van der Waals surface area contributed by atoms with E-state index in [1.165, 1.54) is 19.3 Å². The minimum absolute atomic E-state index is 0.0316. The molecular weight excluding hydrogens is 274 g/mol. The first-order chi connectivity index (χ1) is 10.6. The van der Waals surface area contributed by atoms with Gasteiger partial charge in [0.15, 0.2) is 5.78 Å². The third-order valence-electron chi connectivity index (χ3n) is 4.62. The van der Waals surface area contributed by atoms with Crippen molar-refractivity contribution >= 4 is 17.3 Å². The Bertz CT molecular complexity index is 637. The van der Waals surface area contributed by atoms with E-state index in [1.807, 2.05) is 38.1 Å². The van der Waals surface area contributed by atoms with E-state index in [-0.39, 0.29) is 17.7 Å². The molecule has 1 fully saturated rings. The van der Waals surface area contributed by atoms with Gasteiger partial charge in [-0.25, -0.2) is 0 Å². The van der Waals surface area contributed by atoms with E-state index in [1.54, 1.807) is 0 Å². The molecule has 3 rings (SSSR count). The molecule has 0 atom stereocenters. The normalized spacial score (nSPS) is 18.8. The van der Waals surface area contributed by atoms with Crippen molar-refractivity contribution < 1.29 is 9.59 Å². The van der Waals surface area contributed by atoms with Gasteiger partial charge in [-0.2, -0.15) is 0 Å². The fourth-order valence-corrected chi connectivity index (χ4v) is 3.68. The number of benzene rings is 1. The molecule has 0 radical (unpaired) electrons. The zero-order valence-corrected chi connectivity index (χ0v) is 13.3. The highest BCUT2D eigenvalue weighted by atomic mass is 16.2. The van der Waals surface area contributed by atoms with Gasteiger partial charge in [-0.15, -0.1) is 0 Å². The summed E-state index contributed by atoms with van der Waals surface area (Å²) in [5.74, 6) is 0.0281. The van der Waals surface area contributed by atoms with Crippen LogP contribution in [0.3, 0.4) is 0 Å². The Hall–Kier alpha value is -1.90. The summed E-state index contributed by atoms with van der Waals surface area (Å²) >= 11 is 0. The third kappa shape index (κ3) is 2.60. The predicted molar refractivity (Wildman–Crippen MR) is 87.5 cm³/mol. The number of ketones is 1. The average molecular weight is 297 g/mol. The summed E-state index contributed by atoms with van der Waals surface area (Å²) in [7, 11) is 0. The van der Waals surface area contributed by atoms with E-state index in [2.05, 4.69) is 5.32 Å². The summed E-state index contributed by atoms with van der Waals surface area (Å²) in [6.45, 7) is 3.84. The predicted octanol–water partition coefficient (Wildman–Crippen LogP) is 3.74. The highest BCUT2D eigenvalue weighted by Crippen LogP contribution is 2.43. The molecule has 1 amide bonds. The molecule has 1 aromatic rings. The lowest BCUT2D eigenvalue weighted by Gasteiger charge is -2.24. The quantitative estimate of drug-likeness (QED) is 0.864. The van der Waals surface area contributed by atoms with Gasteiger partial charge in [0.1, 0.15) is 0 Å². The summed E-state index contributed by atoms with van der Waals surface area (Å²) in [5.41, 5.74) is 3.06. The lowest BCUT2D eigenvalue weighted by atomic mass is 9.80. The fourth-order valence-electron chi connectivity index (χ4n) is 3.68. The van der Waals surface area contributed by atoms with Gasteiger partial charge in [-0.3, -0.25) is 9.59 Å². The van der Waals surface area contributed by atoms with Crippen LogP contribution in [0.25, 0.3) is 5.57 Å². The van der Waals surface area contributed by atoms with Crippen molar-refractivity contribution in [1.29, 1.82) is 0 Å². The monoisotopic (exact) mass is 297 g/mol. The third-order valence-corrected chi connectivity index (χ3v) is 4.62. The molecule has 3 nitrogen and oxygen atoms in total. The molecule has 1 N–H and O–H groups in total. The van der Waals surface area contributed by atoms with E-state index in [9.17, 15) is 9.59 Å². The second kappa shape index (κ2) is 6.07. The minimum Gasteiger partial charge on any atom is -0.350 e. The maximum atomic E-state index is 12.8. The van der Waals surface area contributed by atoms with Gasteiger partial charge in [-0.1, -0.05) is 43.5 Å². The molecule has 3 heteroatoms. The molecule has 0 unspecified atom stereocenters. The van der Waals surface area contributed by atoms with Crippen molar-refractivity contribution in [3.63, 3.8) is 0 Å². The highest BCUT2D eigenvalue weighted by molar-refractivity contribution is 6.34. The van der Waals surface area contributed by atoms with Crippen LogP contribution in [-0.2, 0) is 4.79 Å². The topological polar surface area (TPSA) is 46.2 Å². The van der Waals surface area contributed by atoms with Crippen molar-refractivity contribution in [3.05, 3.63) is 41.0 Å². The average Bonchev–Trinajstić information content (AvgIpc) is 2.81. The van der Waals surface area contributed by atoms with Crippen molar-refractivity contribution in [2.45, 2.75) is 52.0 Å². The van der Waals surface area contributed by atoms with Crippen LogP contribution in [0.15, 0.2) is 29.8 Å². The van der Waals surface area contributed by atoms with E-state index in [4.69, 9.17) is 0 Å². The number of nitrogens with one attached hydrogen (secondary N) is 1. The van der Waals surface area contributed by atoms with Crippen LogP contribution in [0.5, 0.6) is 0 Å². The lowest BCUT2D eigenvalue weighted by Crippen LogP contribution is -2.33. The van der Waals surface area contributed by atoms with Gasteiger partial charge in [0.05, 0.1) is 5.57 Å². The van der Waals surface area contributed by atoms with E-state index in [0.29, 0.717) is 17.1 Å². The van der Waals surface area contributed by atoms with E-state index >= 15 is 0 Å². The number of Topliss-reactive ketones (excluding diaryl/α,β-unsaturated/α-hetero) is 1. The van der Waals surface area contributed by atoms with Crippen molar-refractivity contribution in [1.82, 2.24) is 5.32 Å². The van der Waals surface area contributed by atoms with Crippen LogP contribution < -0.4 is 5.32 Å². The van der Waals surface area contributed by atoms with Crippen LogP contribution >= 0.6 is 0 Å². The van der Waals surface area contributed by atoms with Gasteiger partial charge < -0.3 is 5.32 Å². The van der Waals surface area contributed by atoms with Crippen molar-refractivity contribution in [3.8, 4) is 0 Å². The molecule has 1 aromatic carbocycles. The van der Waals surface area contributed by atoms with Gasteiger partial charge in [0, 0.05) is 11.6 Å². The number of hydrogen-bond donors (Lipinski definition) is 1. The van der Waals surface area contributed by atoms with Gasteiger partial charge in [0.25, 0.3) is 5.91 Å². The highest BCUT2D eigenvalue weighted by Gasteiger charge is 2.37. The van der Waals surface area contributed by atoms with Crippen LogP contribution in [0.2, 0.25) is 0 Å². The maximum absolute atomic E-state index is 12.8. The molecule has 1 saturated carbocycles. The van der Waals surface area contributed by atoms with Gasteiger partial charge in [-0.05, 0) is 43.7 Å². The number of allylic oxidation sites excluding steroid dienone is 1. The number of carbonyl (C=O) groups is 2. The number of rotatable bonds is 3. The number of fused-ring (bicyclic) bond motifs is 1. The zero-order chi connectivity index (χ0) is 15.7. The fraction of sp³-hybridized carbons (Fsp3) is 0.474. The number of carbonyl (C=O) groups excluding carboxylic acids is 2. The lowest BCUT2D eigenvalue weighted by molar-refractivity contribution is -0.117. The first-order valence-electron chi connectivity index (χ1n) is 8.28. The van der Waals surface area contributed by atoms with Crippen LogP contribution in [-0.4, -0.2) is 17.7 Å². The Kier molecular flexibility index (Phi) is 4.14. The Labute approximate surface area is 131 Å². The molecular formula is C19H23NO2. The molecule has 22 heavy (non-hydrogen) atoms. The second-order valence-corrected chi connectivity index (χ2v) is 6.63. The SMILES string of the molecule is CC(C)NC(=O)C1=C(C2CCCCC2)c2ccccc2C1=O. The Morgan fingerprint density at radius 1 is 1.09 bits per heavy atom. The molecule has 0 heterocycles. The molecule has 0 spiro atoms. The summed E-state index contributed by atoms with van der Waals surface area (Å²) < 4.78 is 0.